The van der Waals surface area contributed by atoms with Crippen molar-refractivity contribution in [1.29, 1.82) is 0 Å². The molecule has 0 spiro atoms. The molecule has 0 atom stereocenters. The van der Waals surface area contributed by atoms with E-state index in [4.69, 9.17) is 15.0 Å². The number of para-hydroxylation sites is 5. The maximum atomic E-state index is 5.32. The van der Waals surface area contributed by atoms with Crippen LogP contribution in [0.4, 0.5) is 0 Å². The van der Waals surface area contributed by atoms with E-state index in [0.29, 0.717) is 17.6 Å². The highest BCUT2D eigenvalue weighted by molar-refractivity contribution is 6.19. The molecule has 13 aromatic rings. The van der Waals surface area contributed by atoms with Gasteiger partial charge in [0.1, 0.15) is 0 Å². The predicted molar refractivity (Wildman–Crippen MR) is 259 cm³/mol. The van der Waals surface area contributed by atoms with E-state index < -0.39 is 0 Å². The predicted octanol–water partition coefficient (Wildman–Crippen LogP) is 14.2. The van der Waals surface area contributed by atoms with Crippen LogP contribution in [0.15, 0.2) is 218 Å². The van der Waals surface area contributed by atoms with Crippen molar-refractivity contribution in [3.8, 4) is 51.2 Å². The molecule has 13 rings (SSSR count). The molecule has 0 saturated carbocycles. The fraction of sp³-hybridized carbons (Fsp3) is 0. The summed E-state index contributed by atoms with van der Waals surface area (Å²) in [4.78, 5) is 15.8. The smallest absolute Gasteiger partial charge is 0.238 e. The molecule has 0 fully saturated rings. The van der Waals surface area contributed by atoms with E-state index in [1.807, 2.05) is 6.07 Å². The molecule has 6 heteroatoms. The third-order valence-electron chi connectivity index (χ3n) is 12.5. The second-order valence-electron chi connectivity index (χ2n) is 16.1. The van der Waals surface area contributed by atoms with Gasteiger partial charge in [-0.25, -0.2) is 4.98 Å². The molecule has 6 nitrogen and oxygen atoms in total. The molecule has 0 aliphatic rings. The van der Waals surface area contributed by atoms with E-state index >= 15 is 0 Å². The summed E-state index contributed by atoms with van der Waals surface area (Å²) >= 11 is 0. The van der Waals surface area contributed by atoms with E-state index in [-0.39, 0.29) is 0 Å². The standard InChI is InChI=1S/C57H36N6/c1-3-16-37(17-4-1)38-30-32-39(33-31-38)55-58-56(60-57(59-55)63-51-28-13-7-22-43(51)44-23-8-14-29-52(44)63)40-18-15-21-42(34-40)62-50-27-12-10-25-46(50)48-35-53-47(36-54(48)62)45-24-9-11-26-49(45)61(53)41-19-5-2-6-20-41/h1-36H. The lowest BCUT2D eigenvalue weighted by molar-refractivity contribution is 0.953. The van der Waals surface area contributed by atoms with Crippen molar-refractivity contribution >= 4 is 65.4 Å². The summed E-state index contributed by atoms with van der Waals surface area (Å²) in [5, 5.41) is 7.11. The van der Waals surface area contributed by atoms with Gasteiger partial charge in [0.15, 0.2) is 11.6 Å². The fourth-order valence-electron chi connectivity index (χ4n) is 9.65. The van der Waals surface area contributed by atoms with Gasteiger partial charge in [0.05, 0.1) is 33.1 Å². The Hall–Kier alpha value is -8.61. The number of nitrogens with zero attached hydrogens (tertiary/aromatic N) is 6. The van der Waals surface area contributed by atoms with Crippen LogP contribution in [0, 0.1) is 0 Å². The normalized spacial score (nSPS) is 11.8. The Labute approximate surface area is 362 Å². The van der Waals surface area contributed by atoms with E-state index in [1.165, 1.54) is 32.6 Å². The van der Waals surface area contributed by atoms with Crippen molar-refractivity contribution in [3.63, 3.8) is 0 Å². The zero-order valence-electron chi connectivity index (χ0n) is 34.0. The van der Waals surface area contributed by atoms with Crippen LogP contribution in [0.3, 0.4) is 0 Å². The van der Waals surface area contributed by atoms with E-state index in [9.17, 15) is 0 Å². The minimum atomic E-state index is 0.569. The summed E-state index contributed by atoms with van der Waals surface area (Å²) in [6, 6.07) is 77.4. The first-order valence-electron chi connectivity index (χ1n) is 21.3. The van der Waals surface area contributed by atoms with Gasteiger partial charge in [-0.05, 0) is 71.8 Å². The average molecular weight is 805 g/mol. The lowest BCUT2D eigenvalue weighted by Crippen LogP contribution is -2.06. The van der Waals surface area contributed by atoms with E-state index in [2.05, 4.69) is 226 Å². The molecule has 4 heterocycles. The summed E-state index contributed by atoms with van der Waals surface area (Å²) in [7, 11) is 0. The molecule has 0 N–H and O–H groups in total. The number of aromatic nitrogens is 6. The zero-order valence-corrected chi connectivity index (χ0v) is 34.0. The maximum absolute atomic E-state index is 5.32. The highest BCUT2D eigenvalue weighted by atomic mass is 15.2. The lowest BCUT2D eigenvalue weighted by Gasteiger charge is -2.13. The van der Waals surface area contributed by atoms with Gasteiger partial charge in [-0.3, -0.25) is 4.57 Å². The van der Waals surface area contributed by atoms with Gasteiger partial charge < -0.3 is 9.13 Å². The monoisotopic (exact) mass is 804 g/mol. The van der Waals surface area contributed by atoms with Crippen molar-refractivity contribution in [2.45, 2.75) is 0 Å². The summed E-state index contributed by atoms with van der Waals surface area (Å²) in [6.07, 6.45) is 0. The van der Waals surface area contributed by atoms with Crippen LogP contribution in [0.25, 0.3) is 117 Å². The Morgan fingerprint density at radius 3 is 1.21 bits per heavy atom. The van der Waals surface area contributed by atoms with Crippen LogP contribution in [0.2, 0.25) is 0 Å². The van der Waals surface area contributed by atoms with Crippen molar-refractivity contribution < 1.29 is 0 Å². The number of fused-ring (bicyclic) bond motifs is 9. The molecule has 0 aliphatic heterocycles. The number of benzene rings is 9. The highest BCUT2D eigenvalue weighted by Crippen LogP contribution is 2.40. The third-order valence-corrected chi connectivity index (χ3v) is 12.5. The second-order valence-corrected chi connectivity index (χ2v) is 16.1. The minimum absolute atomic E-state index is 0.569. The number of hydrogen-bond acceptors (Lipinski definition) is 3. The second kappa shape index (κ2) is 14.0. The molecule has 0 unspecified atom stereocenters. The summed E-state index contributed by atoms with van der Waals surface area (Å²) in [5.74, 6) is 1.77. The van der Waals surface area contributed by atoms with Crippen molar-refractivity contribution in [2.75, 3.05) is 0 Å². The van der Waals surface area contributed by atoms with Crippen LogP contribution in [-0.2, 0) is 0 Å². The summed E-state index contributed by atoms with van der Waals surface area (Å²) in [6.45, 7) is 0. The Morgan fingerprint density at radius 1 is 0.238 bits per heavy atom. The fourth-order valence-corrected chi connectivity index (χ4v) is 9.65. The first-order valence-corrected chi connectivity index (χ1v) is 21.3. The highest BCUT2D eigenvalue weighted by Gasteiger charge is 2.21. The van der Waals surface area contributed by atoms with Crippen LogP contribution >= 0.6 is 0 Å². The van der Waals surface area contributed by atoms with Gasteiger partial charge in [0.2, 0.25) is 5.95 Å². The third kappa shape index (κ3) is 5.55. The molecule has 0 bridgehead atoms. The Morgan fingerprint density at radius 2 is 0.635 bits per heavy atom. The topological polar surface area (TPSA) is 53.5 Å². The Kier molecular flexibility index (Phi) is 7.80. The van der Waals surface area contributed by atoms with Gasteiger partial charge in [0, 0.05) is 54.8 Å². The first-order chi connectivity index (χ1) is 31.2. The lowest BCUT2D eigenvalue weighted by atomic mass is 10.0. The van der Waals surface area contributed by atoms with Gasteiger partial charge in [-0.1, -0.05) is 158 Å². The zero-order chi connectivity index (χ0) is 41.4. The molecule has 294 valence electrons. The average Bonchev–Trinajstić information content (AvgIpc) is 3.99. The molecule has 0 radical (unpaired) electrons. The van der Waals surface area contributed by atoms with Gasteiger partial charge in [-0.15, -0.1) is 0 Å². The largest absolute Gasteiger partial charge is 0.309 e. The molecule has 9 aromatic carbocycles. The molecule has 4 aromatic heterocycles. The van der Waals surface area contributed by atoms with Crippen molar-refractivity contribution in [3.05, 3.63) is 218 Å². The van der Waals surface area contributed by atoms with Gasteiger partial charge in [0.25, 0.3) is 0 Å². The first kappa shape index (κ1) is 35.2. The van der Waals surface area contributed by atoms with E-state index in [1.54, 1.807) is 0 Å². The van der Waals surface area contributed by atoms with Crippen molar-refractivity contribution in [2.24, 2.45) is 0 Å². The number of hydrogen-bond donors (Lipinski definition) is 0. The minimum Gasteiger partial charge on any atom is -0.309 e. The quantitative estimate of drug-likeness (QED) is 0.168. The Balaban J connectivity index is 1.03. The molecular weight excluding hydrogens is 769 g/mol. The van der Waals surface area contributed by atoms with Crippen LogP contribution in [-0.4, -0.2) is 28.7 Å². The molecule has 0 aliphatic carbocycles. The van der Waals surface area contributed by atoms with Crippen molar-refractivity contribution in [1.82, 2.24) is 28.7 Å². The van der Waals surface area contributed by atoms with Crippen LogP contribution < -0.4 is 0 Å². The van der Waals surface area contributed by atoms with Gasteiger partial charge in [-0.2, -0.15) is 9.97 Å². The molecule has 0 amide bonds. The SMILES string of the molecule is c1ccc(-c2ccc(-c3nc(-c4cccc(-n5c6ccccc6c6cc7c(cc65)c5ccccc5n7-c5ccccc5)c4)nc(-n4c5ccccc5c5ccccc54)n3)cc2)cc1. The van der Waals surface area contributed by atoms with Crippen LogP contribution in [0.1, 0.15) is 0 Å². The van der Waals surface area contributed by atoms with Crippen LogP contribution in [0.5, 0.6) is 0 Å². The molecule has 63 heavy (non-hydrogen) atoms. The van der Waals surface area contributed by atoms with E-state index in [0.717, 1.165) is 66.5 Å². The molecular formula is C57H36N6. The maximum Gasteiger partial charge on any atom is 0.238 e. The Bertz CT molecular complexity index is 3840. The van der Waals surface area contributed by atoms with Gasteiger partial charge >= 0.3 is 0 Å². The summed E-state index contributed by atoms with van der Waals surface area (Å²) < 4.78 is 6.95. The number of rotatable bonds is 6. The summed E-state index contributed by atoms with van der Waals surface area (Å²) in [5.41, 5.74) is 13.0. The molecule has 0 saturated heterocycles.